The monoisotopic (exact) mass is 304 g/mol. The van der Waals surface area contributed by atoms with Gasteiger partial charge in [0.25, 0.3) is 0 Å². The molecule has 1 rings (SSSR count). The van der Waals surface area contributed by atoms with Crippen molar-refractivity contribution < 1.29 is 18.0 Å². The third-order valence-corrected chi connectivity index (χ3v) is 3.93. The zero-order valence-electron chi connectivity index (χ0n) is 12.6. The number of halogens is 3. The van der Waals surface area contributed by atoms with Gasteiger partial charge in [-0.2, -0.15) is 18.4 Å². The lowest BCUT2D eigenvalue weighted by molar-refractivity contribution is -0.185. The van der Waals surface area contributed by atoms with Gasteiger partial charge in [0, 0.05) is 19.0 Å². The number of rotatable bonds is 5. The summed E-state index contributed by atoms with van der Waals surface area (Å²) in [6.07, 6.45) is -3.22. The van der Waals surface area contributed by atoms with Crippen LogP contribution < -0.4 is 0 Å². The molecule has 1 fully saturated rings. The Morgan fingerprint density at radius 1 is 1.29 bits per heavy atom. The predicted molar refractivity (Wildman–Crippen MR) is 73.2 cm³/mol. The van der Waals surface area contributed by atoms with Crippen LogP contribution in [0.15, 0.2) is 0 Å². The van der Waals surface area contributed by atoms with Crippen molar-refractivity contribution in [2.24, 2.45) is 17.8 Å². The fourth-order valence-corrected chi connectivity index (χ4v) is 2.84. The number of nitrogens with zero attached hydrogens (tertiary/aromatic N) is 2. The highest BCUT2D eigenvalue weighted by molar-refractivity contribution is 5.79. The average molecular weight is 304 g/mol. The van der Waals surface area contributed by atoms with Crippen molar-refractivity contribution in [1.82, 2.24) is 4.90 Å². The summed E-state index contributed by atoms with van der Waals surface area (Å²) in [4.78, 5) is 14.1. The average Bonchev–Trinajstić information content (AvgIpc) is 2.41. The molecule has 0 aromatic rings. The number of hydrogen-bond acceptors (Lipinski definition) is 2. The van der Waals surface area contributed by atoms with Crippen molar-refractivity contribution in [3.63, 3.8) is 0 Å². The molecule has 0 aliphatic heterocycles. The zero-order valence-corrected chi connectivity index (χ0v) is 12.6. The minimum absolute atomic E-state index is 0.0354. The molecule has 6 heteroatoms. The standard InChI is InChI=1S/C15H23F3N2O/c1-11(2)10-20(9-3-8-19)14(21)12-4-6-13(7-5-12)15(16,17)18/h11-13H,3-7,9-10H2,1-2H3. The molecular formula is C15H23F3N2O. The molecule has 1 aliphatic rings. The largest absolute Gasteiger partial charge is 0.391 e. The van der Waals surface area contributed by atoms with Crippen LogP contribution in [-0.2, 0) is 4.79 Å². The van der Waals surface area contributed by atoms with Crippen molar-refractivity contribution >= 4 is 5.91 Å². The van der Waals surface area contributed by atoms with Gasteiger partial charge in [-0.05, 0) is 31.6 Å². The third kappa shape index (κ3) is 5.56. The van der Waals surface area contributed by atoms with Gasteiger partial charge in [0.1, 0.15) is 0 Å². The first kappa shape index (κ1) is 17.8. The summed E-state index contributed by atoms with van der Waals surface area (Å²) < 4.78 is 37.9. The molecule has 0 aromatic carbocycles. The number of nitriles is 1. The van der Waals surface area contributed by atoms with Crippen LogP contribution in [0.25, 0.3) is 0 Å². The molecule has 0 N–H and O–H groups in total. The smallest absolute Gasteiger partial charge is 0.341 e. The predicted octanol–water partition coefficient (Wildman–Crippen LogP) is 3.75. The van der Waals surface area contributed by atoms with Crippen LogP contribution in [0.5, 0.6) is 0 Å². The molecule has 0 unspecified atom stereocenters. The maximum atomic E-state index is 12.6. The Kier molecular flexibility index (Phi) is 6.50. The van der Waals surface area contributed by atoms with Crippen LogP contribution in [0, 0.1) is 29.1 Å². The second-order valence-corrected chi connectivity index (χ2v) is 6.18. The van der Waals surface area contributed by atoms with Gasteiger partial charge >= 0.3 is 6.18 Å². The van der Waals surface area contributed by atoms with E-state index in [1.54, 1.807) is 4.90 Å². The maximum absolute atomic E-state index is 12.6. The molecule has 0 atom stereocenters. The molecule has 0 radical (unpaired) electrons. The molecule has 1 saturated carbocycles. The van der Waals surface area contributed by atoms with Gasteiger partial charge in [-0.3, -0.25) is 4.79 Å². The minimum atomic E-state index is -4.15. The molecule has 0 saturated heterocycles. The van der Waals surface area contributed by atoms with Gasteiger partial charge in [0.2, 0.25) is 5.91 Å². The van der Waals surface area contributed by atoms with Gasteiger partial charge in [0.05, 0.1) is 18.4 Å². The van der Waals surface area contributed by atoms with Crippen LogP contribution in [0.1, 0.15) is 46.0 Å². The van der Waals surface area contributed by atoms with E-state index in [0.717, 1.165) is 0 Å². The normalized spacial score (nSPS) is 22.9. The van der Waals surface area contributed by atoms with Crippen molar-refractivity contribution in [2.45, 2.75) is 52.1 Å². The second-order valence-electron chi connectivity index (χ2n) is 6.18. The van der Waals surface area contributed by atoms with Gasteiger partial charge in [0.15, 0.2) is 0 Å². The van der Waals surface area contributed by atoms with E-state index in [9.17, 15) is 18.0 Å². The highest BCUT2D eigenvalue weighted by Crippen LogP contribution is 2.40. The molecule has 3 nitrogen and oxygen atoms in total. The van der Waals surface area contributed by atoms with E-state index >= 15 is 0 Å². The quantitative estimate of drug-likeness (QED) is 0.776. The van der Waals surface area contributed by atoms with Gasteiger partial charge in [-0.25, -0.2) is 0 Å². The Balaban J connectivity index is 2.59. The Morgan fingerprint density at radius 2 is 1.86 bits per heavy atom. The molecule has 0 heterocycles. The Labute approximate surface area is 124 Å². The number of carbonyl (C=O) groups is 1. The zero-order chi connectivity index (χ0) is 16.0. The fourth-order valence-electron chi connectivity index (χ4n) is 2.84. The first-order valence-corrected chi connectivity index (χ1v) is 7.48. The molecule has 0 bridgehead atoms. The van der Waals surface area contributed by atoms with E-state index in [4.69, 9.17) is 5.26 Å². The Bertz CT molecular complexity index is 379. The molecule has 0 aromatic heterocycles. The molecule has 120 valence electrons. The summed E-state index contributed by atoms with van der Waals surface area (Å²) in [7, 11) is 0. The molecule has 21 heavy (non-hydrogen) atoms. The van der Waals surface area contributed by atoms with Gasteiger partial charge in [-0.15, -0.1) is 0 Å². The van der Waals surface area contributed by atoms with E-state index in [-0.39, 0.29) is 37.0 Å². The molecule has 1 amide bonds. The van der Waals surface area contributed by atoms with E-state index in [1.165, 1.54) is 0 Å². The van der Waals surface area contributed by atoms with Gasteiger partial charge in [-0.1, -0.05) is 13.8 Å². The van der Waals surface area contributed by atoms with Crippen LogP contribution in [0.4, 0.5) is 13.2 Å². The second kappa shape index (κ2) is 7.67. The molecule has 0 spiro atoms. The summed E-state index contributed by atoms with van der Waals surface area (Å²) in [6, 6.07) is 2.01. The van der Waals surface area contributed by atoms with E-state index in [1.807, 2.05) is 19.9 Å². The highest BCUT2D eigenvalue weighted by atomic mass is 19.4. The lowest BCUT2D eigenvalue weighted by Gasteiger charge is -2.33. The van der Waals surface area contributed by atoms with Gasteiger partial charge < -0.3 is 4.90 Å². The molecular weight excluding hydrogens is 281 g/mol. The van der Waals surface area contributed by atoms with Crippen molar-refractivity contribution in [1.29, 1.82) is 5.26 Å². The van der Waals surface area contributed by atoms with Crippen molar-refractivity contribution in [3.05, 3.63) is 0 Å². The summed E-state index contributed by atoms with van der Waals surface area (Å²) in [5.41, 5.74) is 0. The lowest BCUT2D eigenvalue weighted by atomic mass is 9.81. The summed E-state index contributed by atoms with van der Waals surface area (Å²) in [5.74, 6) is -1.39. The number of amides is 1. The van der Waals surface area contributed by atoms with Crippen molar-refractivity contribution in [2.75, 3.05) is 13.1 Å². The van der Waals surface area contributed by atoms with Crippen LogP contribution in [-0.4, -0.2) is 30.1 Å². The van der Waals surface area contributed by atoms with E-state index in [0.29, 0.717) is 25.9 Å². The lowest BCUT2D eigenvalue weighted by Crippen LogP contribution is -2.41. The number of carbonyl (C=O) groups excluding carboxylic acids is 1. The number of alkyl halides is 3. The Hall–Kier alpha value is -1.25. The van der Waals surface area contributed by atoms with Crippen LogP contribution >= 0.6 is 0 Å². The number of hydrogen-bond donors (Lipinski definition) is 0. The minimum Gasteiger partial charge on any atom is -0.341 e. The first-order chi connectivity index (χ1) is 9.75. The fraction of sp³-hybridized carbons (Fsp3) is 0.867. The summed E-state index contributed by atoms with van der Waals surface area (Å²) in [5, 5.41) is 8.65. The van der Waals surface area contributed by atoms with Crippen LogP contribution in [0.2, 0.25) is 0 Å². The highest BCUT2D eigenvalue weighted by Gasteiger charge is 2.42. The van der Waals surface area contributed by atoms with E-state index in [2.05, 4.69) is 0 Å². The third-order valence-electron chi connectivity index (χ3n) is 3.93. The SMILES string of the molecule is CC(C)CN(CCC#N)C(=O)C1CCC(C(F)(F)F)CC1. The topological polar surface area (TPSA) is 44.1 Å². The molecule has 1 aliphatic carbocycles. The van der Waals surface area contributed by atoms with E-state index < -0.39 is 12.1 Å². The van der Waals surface area contributed by atoms with Crippen molar-refractivity contribution in [3.8, 4) is 6.07 Å². The van der Waals surface area contributed by atoms with Crippen LogP contribution in [0.3, 0.4) is 0 Å². The first-order valence-electron chi connectivity index (χ1n) is 7.48. The summed E-state index contributed by atoms with van der Waals surface area (Å²) in [6.45, 7) is 4.88. The maximum Gasteiger partial charge on any atom is 0.391 e. The Morgan fingerprint density at radius 3 is 2.29 bits per heavy atom. The summed E-state index contributed by atoms with van der Waals surface area (Å²) >= 11 is 0.